The van der Waals surface area contributed by atoms with Crippen molar-refractivity contribution in [3.05, 3.63) is 12.5 Å². The van der Waals surface area contributed by atoms with Crippen molar-refractivity contribution in [1.29, 1.82) is 0 Å². The number of amides is 5. The molecule has 0 bridgehead atoms. The third-order valence-electron chi connectivity index (χ3n) is 10.1. The molecule has 2 aromatic heterocycles. The Morgan fingerprint density at radius 1 is 0.830 bits per heavy atom. The molecule has 5 rings (SSSR count). The average Bonchev–Trinajstić information content (AvgIpc) is 3.96. The Kier molecular flexibility index (Phi) is 16.7. The van der Waals surface area contributed by atoms with Gasteiger partial charge in [0.05, 0.1) is 36.4 Å². The summed E-state index contributed by atoms with van der Waals surface area (Å²) < 4.78 is 7.61. The van der Waals surface area contributed by atoms with Crippen LogP contribution < -0.4 is 31.9 Å². The monoisotopic (exact) mass is 758 g/mol. The highest BCUT2D eigenvalue weighted by Gasteiger charge is 2.42. The molecule has 3 aliphatic rings. The summed E-state index contributed by atoms with van der Waals surface area (Å²) >= 11 is 1.90. The second kappa shape index (κ2) is 21.9. The lowest BCUT2D eigenvalue weighted by Gasteiger charge is -2.16. The van der Waals surface area contributed by atoms with Gasteiger partial charge >= 0.3 is 6.03 Å². The van der Waals surface area contributed by atoms with Crippen molar-refractivity contribution in [3.63, 3.8) is 0 Å². The fraction of sp³-hybridized carbons (Fsp3) is 0.750. The van der Waals surface area contributed by atoms with Crippen molar-refractivity contribution >= 4 is 52.4 Å². The van der Waals surface area contributed by atoms with Gasteiger partial charge in [-0.2, -0.15) is 16.9 Å². The van der Waals surface area contributed by atoms with Crippen LogP contribution in [-0.4, -0.2) is 111 Å². The summed E-state index contributed by atoms with van der Waals surface area (Å²) in [5.41, 5.74) is 0.697. The van der Waals surface area contributed by atoms with Crippen molar-refractivity contribution in [2.24, 2.45) is 0 Å². The molecule has 2 aromatic rings. The molecule has 0 spiro atoms. The molecule has 5 heterocycles. The normalized spacial score (nSPS) is 22.0. The van der Waals surface area contributed by atoms with E-state index in [0.717, 1.165) is 94.6 Å². The molecule has 0 radical (unpaired) electrons. The van der Waals surface area contributed by atoms with Crippen LogP contribution in [0.5, 0.6) is 0 Å². The summed E-state index contributed by atoms with van der Waals surface area (Å²) in [7, 11) is 0. The maximum absolute atomic E-state index is 12.2. The summed E-state index contributed by atoms with van der Waals surface area (Å²) in [5.74, 6) is 1.86. The highest BCUT2D eigenvalue weighted by Crippen LogP contribution is 2.33. The molecule has 3 fully saturated rings. The van der Waals surface area contributed by atoms with Crippen molar-refractivity contribution in [2.75, 3.05) is 43.9 Å². The Hall–Kier alpha value is -3.70. The van der Waals surface area contributed by atoms with E-state index in [9.17, 15) is 24.3 Å². The third kappa shape index (κ3) is 13.0. The number of urea groups is 1. The first-order chi connectivity index (χ1) is 25.9. The topological polar surface area (TPSA) is 214 Å². The molecule has 0 aliphatic carbocycles. The van der Waals surface area contributed by atoms with E-state index in [1.54, 1.807) is 10.9 Å². The molecular weight excluding hydrogens is 701 g/mol. The molecule has 53 heavy (non-hydrogen) atoms. The van der Waals surface area contributed by atoms with E-state index in [1.807, 2.05) is 11.8 Å². The number of rotatable bonds is 25. The standard InChI is InChI=1S/C36H58N10O6S/c47-22-25-15-16-32(52-25)46-35-26(21-43-46)34(41-24-42-35)40-20-10-9-19-39-30(49)13-4-2-7-17-37-29(48)12-3-1-8-18-38-31(50)14-6-5-11-28-33-27(23-53-28)44-36(51)45-33/h21,24-25,27-28,32-33,47H,1-20,22-23H2,(H,37,48)(H,38,50)(H,39,49)(H,40,41,42)(H2,44,45,51)/t25?,27-,28?,32?,33-/m0/s1. The number of aliphatic hydroxyl groups is 1. The maximum Gasteiger partial charge on any atom is 0.315 e. The van der Waals surface area contributed by atoms with Crippen LogP contribution in [0, 0.1) is 0 Å². The Bertz CT molecular complexity index is 1480. The van der Waals surface area contributed by atoms with Crippen molar-refractivity contribution in [1.82, 2.24) is 46.3 Å². The Balaban J connectivity index is 0.777. The van der Waals surface area contributed by atoms with Gasteiger partial charge in [0.1, 0.15) is 12.1 Å². The fourth-order valence-corrected chi connectivity index (χ4v) is 8.61. The van der Waals surface area contributed by atoms with E-state index in [1.165, 1.54) is 6.33 Å². The lowest BCUT2D eigenvalue weighted by molar-refractivity contribution is -0.122. The van der Waals surface area contributed by atoms with E-state index in [-0.39, 0.29) is 54.8 Å². The van der Waals surface area contributed by atoms with Crippen LogP contribution >= 0.6 is 11.8 Å². The van der Waals surface area contributed by atoms with Gasteiger partial charge < -0.3 is 41.7 Å². The van der Waals surface area contributed by atoms with Crippen LogP contribution in [0.3, 0.4) is 0 Å². The summed E-state index contributed by atoms with van der Waals surface area (Å²) in [5, 5.41) is 33.3. The van der Waals surface area contributed by atoms with Gasteiger partial charge in [-0.05, 0) is 64.2 Å². The Morgan fingerprint density at radius 3 is 2.13 bits per heavy atom. The van der Waals surface area contributed by atoms with Crippen molar-refractivity contribution in [2.45, 2.75) is 132 Å². The van der Waals surface area contributed by atoms with Gasteiger partial charge in [-0.3, -0.25) is 14.4 Å². The minimum absolute atomic E-state index is 0.000151. The smallest absolute Gasteiger partial charge is 0.315 e. The zero-order valence-electron chi connectivity index (χ0n) is 30.8. The number of unbranched alkanes of at least 4 members (excludes halogenated alkanes) is 6. The molecule has 0 saturated carbocycles. The number of nitrogens with zero attached hydrogens (tertiary/aromatic N) is 4. The number of thioether (sulfide) groups is 1. The first-order valence-electron chi connectivity index (χ1n) is 19.6. The Morgan fingerprint density at radius 2 is 1.47 bits per heavy atom. The molecule has 3 unspecified atom stereocenters. The molecular formula is C36H58N10O6S. The van der Waals surface area contributed by atoms with E-state index >= 15 is 0 Å². The molecule has 16 nitrogen and oxygen atoms in total. The second-order valence-corrected chi connectivity index (χ2v) is 15.5. The molecule has 0 aromatic carbocycles. The van der Waals surface area contributed by atoms with Gasteiger partial charge in [0.15, 0.2) is 11.9 Å². The lowest BCUT2D eigenvalue weighted by Crippen LogP contribution is -2.36. The molecule has 3 aliphatic heterocycles. The highest BCUT2D eigenvalue weighted by molar-refractivity contribution is 8.00. The van der Waals surface area contributed by atoms with E-state index in [2.05, 4.69) is 47.0 Å². The number of fused-ring (bicyclic) bond motifs is 2. The minimum Gasteiger partial charge on any atom is -0.394 e. The van der Waals surface area contributed by atoms with Gasteiger partial charge in [0, 0.05) is 56.4 Å². The number of ether oxygens (including phenoxy) is 1. The third-order valence-corrected chi connectivity index (χ3v) is 11.6. The second-order valence-electron chi connectivity index (χ2n) is 14.2. The van der Waals surface area contributed by atoms with E-state index in [4.69, 9.17) is 4.74 Å². The average molecular weight is 759 g/mol. The van der Waals surface area contributed by atoms with Crippen LogP contribution in [0.15, 0.2) is 12.5 Å². The van der Waals surface area contributed by atoms with Crippen molar-refractivity contribution < 1.29 is 29.0 Å². The molecule has 294 valence electrons. The molecule has 3 saturated heterocycles. The zero-order valence-corrected chi connectivity index (χ0v) is 31.6. The number of aliphatic hydroxyl groups excluding tert-OH is 1. The Labute approximate surface area is 315 Å². The summed E-state index contributed by atoms with van der Waals surface area (Å²) in [6.45, 7) is 2.58. The predicted octanol–water partition coefficient (Wildman–Crippen LogP) is 2.88. The van der Waals surface area contributed by atoms with Gasteiger partial charge in [-0.25, -0.2) is 19.4 Å². The number of aromatic nitrogens is 4. The fourth-order valence-electron chi connectivity index (χ4n) is 7.07. The maximum atomic E-state index is 12.2. The lowest BCUT2D eigenvalue weighted by atomic mass is 10.0. The number of carbonyl (C=O) groups excluding carboxylic acids is 4. The number of anilines is 1. The first-order valence-corrected chi connectivity index (χ1v) is 20.6. The summed E-state index contributed by atoms with van der Waals surface area (Å²) in [6, 6.07) is 0.399. The van der Waals surface area contributed by atoms with Gasteiger partial charge in [-0.1, -0.05) is 19.3 Å². The largest absolute Gasteiger partial charge is 0.394 e. The molecule has 7 N–H and O–H groups in total. The number of hydrogen-bond acceptors (Lipinski definition) is 11. The van der Waals surface area contributed by atoms with E-state index in [0.29, 0.717) is 62.2 Å². The van der Waals surface area contributed by atoms with Crippen LogP contribution in [0.25, 0.3) is 11.0 Å². The van der Waals surface area contributed by atoms with Crippen LogP contribution in [0.1, 0.15) is 109 Å². The summed E-state index contributed by atoms with van der Waals surface area (Å²) in [4.78, 5) is 56.8. The molecule has 17 heteroatoms. The SMILES string of the molecule is O=C(CCCCCNC(=O)CCCCC1SC[C@@H]2NC(=O)N[C@H]12)NCCCCCC(=O)NCCCCNc1ncnc2c1cnn2C1CCC(CO)O1. The highest BCUT2D eigenvalue weighted by atomic mass is 32.2. The molecule has 5 atom stereocenters. The van der Waals surface area contributed by atoms with Gasteiger partial charge in [-0.15, -0.1) is 0 Å². The van der Waals surface area contributed by atoms with Crippen LogP contribution in [0.4, 0.5) is 10.6 Å². The minimum atomic E-state index is -0.238. The van der Waals surface area contributed by atoms with Gasteiger partial charge in [0.25, 0.3) is 0 Å². The zero-order chi connectivity index (χ0) is 37.3. The number of hydrogen-bond donors (Lipinski definition) is 7. The van der Waals surface area contributed by atoms with Crippen LogP contribution in [-0.2, 0) is 19.1 Å². The van der Waals surface area contributed by atoms with Crippen molar-refractivity contribution in [3.8, 4) is 0 Å². The summed E-state index contributed by atoms with van der Waals surface area (Å²) in [6.07, 6.45) is 15.5. The molecule has 5 amide bonds. The van der Waals surface area contributed by atoms with E-state index < -0.39 is 0 Å². The van der Waals surface area contributed by atoms with Gasteiger partial charge in [0.2, 0.25) is 17.7 Å². The first kappa shape index (κ1) is 40.5. The number of nitrogens with one attached hydrogen (secondary N) is 6. The van der Waals surface area contributed by atoms with Crippen LogP contribution in [0.2, 0.25) is 0 Å². The number of carbonyl (C=O) groups is 4. The predicted molar refractivity (Wildman–Crippen MR) is 203 cm³/mol. The quantitative estimate of drug-likeness (QED) is 0.0578.